The van der Waals surface area contributed by atoms with E-state index in [1.54, 1.807) is 0 Å². The highest BCUT2D eigenvalue weighted by Gasteiger charge is 2.04. The van der Waals surface area contributed by atoms with Crippen molar-refractivity contribution in [1.29, 1.82) is 0 Å². The van der Waals surface area contributed by atoms with Gasteiger partial charge in [-0.1, -0.05) is 0 Å². The van der Waals surface area contributed by atoms with Crippen molar-refractivity contribution in [2.24, 2.45) is 0 Å². The van der Waals surface area contributed by atoms with Crippen molar-refractivity contribution in [3.8, 4) is 0 Å². The molecule has 1 aromatic rings. The van der Waals surface area contributed by atoms with E-state index in [1.807, 2.05) is 28.2 Å². The Labute approximate surface area is 90.2 Å². The molecule has 0 radical (unpaired) electrons. The van der Waals surface area contributed by atoms with E-state index < -0.39 is 0 Å². The first-order valence-corrected chi connectivity index (χ1v) is 5.47. The molecule has 1 heterocycles. The van der Waals surface area contributed by atoms with Gasteiger partial charge in [0.25, 0.3) is 0 Å². The van der Waals surface area contributed by atoms with Crippen LogP contribution < -0.4 is 3.53 Å². The van der Waals surface area contributed by atoms with Gasteiger partial charge < -0.3 is 0 Å². The second kappa shape index (κ2) is 4.36. The minimum absolute atomic E-state index is 0.0246. The van der Waals surface area contributed by atoms with E-state index in [1.165, 1.54) is 11.3 Å². The lowest BCUT2D eigenvalue weighted by atomic mass is 10.3. The normalized spacial score (nSPS) is 9.64. The van der Waals surface area contributed by atoms with Gasteiger partial charge in [0, 0.05) is 5.38 Å². The van der Waals surface area contributed by atoms with Gasteiger partial charge >= 0.3 is 0 Å². The van der Waals surface area contributed by atoms with Crippen LogP contribution in [-0.4, -0.2) is 10.9 Å². The largest absolute Gasteiger partial charge is 0.298 e. The number of nitrogens with zero attached hydrogens (tertiary/aromatic N) is 1. The van der Waals surface area contributed by atoms with Crippen LogP contribution in [0.2, 0.25) is 0 Å². The standard InChI is InChI=1S/C5H4BrIN2OS/c6-5-8-3(2-11-5)1-4(10)9-7/h2H,1H2,(H,9,10). The zero-order valence-electron chi connectivity index (χ0n) is 5.30. The van der Waals surface area contributed by atoms with Crippen LogP contribution in [-0.2, 0) is 11.2 Å². The summed E-state index contributed by atoms with van der Waals surface area (Å²) in [5.41, 5.74) is 0.802. The molecular formula is C5H4BrIN2OS. The van der Waals surface area contributed by atoms with E-state index in [9.17, 15) is 4.79 Å². The predicted octanol–water partition coefficient (Wildman–Crippen LogP) is 1.91. The van der Waals surface area contributed by atoms with Crippen LogP contribution in [0.1, 0.15) is 5.69 Å². The minimum atomic E-state index is -0.0246. The molecule has 60 valence electrons. The fraction of sp³-hybridized carbons (Fsp3) is 0.200. The molecule has 0 atom stereocenters. The molecule has 0 fully saturated rings. The first kappa shape index (κ1) is 9.40. The third-order valence-electron chi connectivity index (χ3n) is 0.971. The molecule has 0 bridgehead atoms. The van der Waals surface area contributed by atoms with E-state index in [0.717, 1.165) is 9.61 Å². The number of amides is 1. The average molecular weight is 347 g/mol. The Morgan fingerprint density at radius 1 is 1.91 bits per heavy atom. The number of aromatic nitrogens is 1. The van der Waals surface area contributed by atoms with Crippen LogP contribution in [0.4, 0.5) is 0 Å². The van der Waals surface area contributed by atoms with Crippen molar-refractivity contribution in [2.75, 3.05) is 0 Å². The van der Waals surface area contributed by atoms with Crippen LogP contribution in [0.3, 0.4) is 0 Å². The van der Waals surface area contributed by atoms with Crippen molar-refractivity contribution in [1.82, 2.24) is 8.51 Å². The highest BCUT2D eigenvalue weighted by Crippen LogP contribution is 2.15. The molecule has 0 unspecified atom stereocenters. The second-order valence-corrected chi connectivity index (χ2v) is 4.46. The minimum Gasteiger partial charge on any atom is -0.298 e. The van der Waals surface area contributed by atoms with Crippen LogP contribution in [0, 0.1) is 0 Å². The molecule has 6 heteroatoms. The molecule has 0 saturated carbocycles. The number of hydrogen-bond acceptors (Lipinski definition) is 3. The van der Waals surface area contributed by atoms with Crippen molar-refractivity contribution < 1.29 is 4.79 Å². The number of rotatable bonds is 2. The molecule has 0 aromatic carbocycles. The highest BCUT2D eigenvalue weighted by atomic mass is 127. The van der Waals surface area contributed by atoms with Gasteiger partial charge in [0.05, 0.1) is 35.0 Å². The maximum absolute atomic E-state index is 10.8. The molecule has 11 heavy (non-hydrogen) atoms. The van der Waals surface area contributed by atoms with E-state index in [2.05, 4.69) is 24.4 Å². The van der Waals surface area contributed by atoms with Gasteiger partial charge in [-0.15, -0.1) is 11.3 Å². The van der Waals surface area contributed by atoms with Gasteiger partial charge in [-0.25, -0.2) is 4.98 Å². The molecule has 1 amide bonds. The lowest BCUT2D eigenvalue weighted by Crippen LogP contribution is -2.14. The van der Waals surface area contributed by atoms with Gasteiger partial charge in [-0.3, -0.25) is 8.32 Å². The van der Waals surface area contributed by atoms with Crippen molar-refractivity contribution in [2.45, 2.75) is 6.42 Å². The maximum atomic E-state index is 10.8. The average Bonchev–Trinajstić information content (AvgIpc) is 2.35. The fourth-order valence-corrected chi connectivity index (χ4v) is 1.80. The Morgan fingerprint density at radius 3 is 3.09 bits per heavy atom. The van der Waals surface area contributed by atoms with E-state index >= 15 is 0 Å². The second-order valence-electron chi connectivity index (χ2n) is 1.79. The first-order chi connectivity index (χ1) is 5.22. The van der Waals surface area contributed by atoms with Gasteiger partial charge in [-0.2, -0.15) is 0 Å². The van der Waals surface area contributed by atoms with E-state index in [4.69, 9.17) is 0 Å². The molecule has 0 spiro atoms. The zero-order chi connectivity index (χ0) is 8.27. The van der Waals surface area contributed by atoms with Crippen LogP contribution in [0.15, 0.2) is 9.30 Å². The lowest BCUT2D eigenvalue weighted by molar-refractivity contribution is -0.118. The third kappa shape index (κ3) is 3.04. The summed E-state index contributed by atoms with van der Waals surface area (Å²) in [7, 11) is 0. The maximum Gasteiger partial charge on any atom is 0.234 e. The molecule has 1 N–H and O–H groups in total. The van der Waals surface area contributed by atoms with Crippen LogP contribution >= 0.6 is 50.1 Å². The quantitative estimate of drug-likeness (QED) is 0.656. The van der Waals surface area contributed by atoms with Gasteiger partial charge in [-0.05, 0) is 15.9 Å². The molecule has 3 nitrogen and oxygen atoms in total. The summed E-state index contributed by atoms with van der Waals surface area (Å²) >= 11 is 6.51. The lowest BCUT2D eigenvalue weighted by Gasteiger charge is -1.91. The summed E-state index contributed by atoms with van der Waals surface area (Å²) in [6.07, 6.45) is 0.352. The van der Waals surface area contributed by atoms with Gasteiger partial charge in [0.2, 0.25) is 5.91 Å². The molecule has 1 aromatic heterocycles. The highest BCUT2D eigenvalue weighted by molar-refractivity contribution is 14.1. The predicted molar refractivity (Wildman–Crippen MR) is 55.7 cm³/mol. The first-order valence-electron chi connectivity index (χ1n) is 2.71. The van der Waals surface area contributed by atoms with Crippen molar-refractivity contribution >= 4 is 56.0 Å². The Kier molecular flexibility index (Phi) is 3.73. The number of nitrogens with one attached hydrogen (secondary N) is 1. The van der Waals surface area contributed by atoms with E-state index in [-0.39, 0.29) is 5.91 Å². The Morgan fingerprint density at radius 2 is 2.64 bits per heavy atom. The topological polar surface area (TPSA) is 42.0 Å². The van der Waals surface area contributed by atoms with E-state index in [0.29, 0.717) is 6.42 Å². The van der Waals surface area contributed by atoms with Crippen LogP contribution in [0.25, 0.3) is 0 Å². The Hall–Kier alpha value is 0.310. The Bertz CT molecular complexity index is 265. The number of carbonyl (C=O) groups excluding carboxylic acids is 1. The number of hydrogen-bond donors (Lipinski definition) is 1. The summed E-state index contributed by atoms with van der Waals surface area (Å²) in [5, 5.41) is 1.86. The fourth-order valence-electron chi connectivity index (χ4n) is 0.561. The van der Waals surface area contributed by atoms with Crippen molar-refractivity contribution in [3.05, 3.63) is 15.0 Å². The zero-order valence-corrected chi connectivity index (χ0v) is 9.86. The third-order valence-corrected chi connectivity index (χ3v) is 2.99. The molecule has 1 rings (SSSR count). The molecule has 0 aliphatic rings. The summed E-state index contributed by atoms with van der Waals surface area (Å²) in [6.45, 7) is 0. The number of halogens is 2. The Balaban J connectivity index is 2.57. The summed E-state index contributed by atoms with van der Waals surface area (Å²) in [4.78, 5) is 14.9. The number of carbonyl (C=O) groups is 1. The van der Waals surface area contributed by atoms with Crippen LogP contribution in [0.5, 0.6) is 0 Å². The molecule has 0 aliphatic heterocycles. The monoisotopic (exact) mass is 346 g/mol. The molecular weight excluding hydrogens is 343 g/mol. The summed E-state index contributed by atoms with van der Waals surface area (Å²) in [6, 6.07) is 0. The number of thiazole rings is 1. The molecule has 0 saturated heterocycles. The smallest absolute Gasteiger partial charge is 0.234 e. The summed E-state index contributed by atoms with van der Waals surface area (Å²) < 4.78 is 3.32. The molecule has 0 aliphatic carbocycles. The van der Waals surface area contributed by atoms with Gasteiger partial charge in [0.1, 0.15) is 0 Å². The van der Waals surface area contributed by atoms with Gasteiger partial charge in [0.15, 0.2) is 3.92 Å². The SMILES string of the molecule is O=C(Cc1csc(Br)n1)NI. The van der Waals surface area contributed by atoms with Crippen molar-refractivity contribution in [3.63, 3.8) is 0 Å². The summed E-state index contributed by atoms with van der Waals surface area (Å²) in [5.74, 6) is -0.0246.